The van der Waals surface area contributed by atoms with Gasteiger partial charge in [0, 0.05) is 18.0 Å². The first-order chi connectivity index (χ1) is 15.9. The molecule has 1 aliphatic rings. The molecule has 1 amide bonds. The first-order valence-corrected chi connectivity index (χ1v) is 12.6. The van der Waals surface area contributed by atoms with Crippen molar-refractivity contribution in [2.45, 2.75) is 50.8 Å². The molecule has 0 aliphatic carbocycles. The first kappa shape index (κ1) is 24.2. The van der Waals surface area contributed by atoms with Crippen LogP contribution in [0, 0.1) is 6.92 Å². The normalized spacial score (nSPS) is 16.0. The lowest BCUT2D eigenvalue weighted by Gasteiger charge is -2.22. The molecule has 178 valence electrons. The van der Waals surface area contributed by atoms with E-state index in [4.69, 9.17) is 11.6 Å². The number of rotatable bonds is 5. The number of aryl methyl sites for hydroxylation is 1. The number of fused-ring (bicyclic) bond motifs is 1. The number of carbonyl (C=O) groups excluding carboxylic acids is 1. The Labute approximate surface area is 204 Å². The van der Waals surface area contributed by atoms with Gasteiger partial charge >= 0.3 is 0 Å². The highest BCUT2D eigenvalue weighted by Crippen LogP contribution is 2.42. The standard InChI is InChI=1S/C25H26ClN3O4S/c1-15-11-12-27-13-16(15)14-29-23(30)21-19(26)9-10-20(22(21)24(29)31)28-34(32,33)18-7-5-17(6-8-18)25(2,3)4/h5-13,24,28,31H,14H2,1-4H3. The molecule has 1 aromatic heterocycles. The van der Waals surface area contributed by atoms with Crippen molar-refractivity contribution in [1.82, 2.24) is 9.88 Å². The summed E-state index contributed by atoms with van der Waals surface area (Å²) in [6.07, 6.45) is 1.90. The fraction of sp³-hybridized carbons (Fsp3) is 0.280. The van der Waals surface area contributed by atoms with Gasteiger partial charge < -0.3 is 10.0 Å². The number of aliphatic hydroxyl groups is 1. The van der Waals surface area contributed by atoms with Gasteiger partial charge in [0.25, 0.3) is 15.9 Å². The highest BCUT2D eigenvalue weighted by molar-refractivity contribution is 7.92. The second-order valence-corrected chi connectivity index (χ2v) is 11.5. The lowest BCUT2D eigenvalue weighted by Crippen LogP contribution is -2.28. The highest BCUT2D eigenvalue weighted by Gasteiger charge is 2.40. The summed E-state index contributed by atoms with van der Waals surface area (Å²) in [7, 11) is -3.98. The van der Waals surface area contributed by atoms with Crippen LogP contribution in [0.3, 0.4) is 0 Å². The number of aromatic nitrogens is 1. The minimum absolute atomic E-state index is 0.0749. The van der Waals surface area contributed by atoms with E-state index in [0.717, 1.165) is 16.7 Å². The molecule has 0 saturated heterocycles. The minimum atomic E-state index is -3.98. The van der Waals surface area contributed by atoms with Crippen LogP contribution >= 0.6 is 11.6 Å². The number of sulfonamides is 1. The van der Waals surface area contributed by atoms with Gasteiger partial charge in [-0.05, 0) is 59.4 Å². The Morgan fingerprint density at radius 2 is 1.79 bits per heavy atom. The third-order valence-corrected chi connectivity index (χ3v) is 7.68. The summed E-state index contributed by atoms with van der Waals surface area (Å²) in [5.41, 5.74) is 2.88. The van der Waals surface area contributed by atoms with E-state index in [1.165, 1.54) is 29.2 Å². The van der Waals surface area contributed by atoms with E-state index < -0.39 is 22.2 Å². The van der Waals surface area contributed by atoms with Crippen LogP contribution in [0.25, 0.3) is 0 Å². The Hall–Kier alpha value is -2.94. The smallest absolute Gasteiger partial charge is 0.261 e. The third kappa shape index (κ3) is 4.41. The van der Waals surface area contributed by atoms with E-state index >= 15 is 0 Å². The number of halogens is 1. The van der Waals surface area contributed by atoms with Crippen LogP contribution in [0.5, 0.6) is 0 Å². The van der Waals surface area contributed by atoms with E-state index in [9.17, 15) is 18.3 Å². The molecule has 34 heavy (non-hydrogen) atoms. The summed E-state index contributed by atoms with van der Waals surface area (Å²) in [6, 6.07) is 11.3. The van der Waals surface area contributed by atoms with Gasteiger partial charge in [-0.2, -0.15) is 0 Å². The van der Waals surface area contributed by atoms with Gasteiger partial charge in [0.1, 0.15) is 0 Å². The number of nitrogens with one attached hydrogen (secondary N) is 1. The summed E-state index contributed by atoms with van der Waals surface area (Å²) in [5, 5.41) is 11.2. The van der Waals surface area contributed by atoms with E-state index in [1.807, 2.05) is 33.8 Å². The van der Waals surface area contributed by atoms with Crippen LogP contribution in [0.1, 0.15) is 59.6 Å². The summed E-state index contributed by atoms with van der Waals surface area (Å²) in [4.78, 5) is 18.6. The molecule has 0 saturated carbocycles. The minimum Gasteiger partial charge on any atom is -0.369 e. The second kappa shape index (κ2) is 8.69. The van der Waals surface area contributed by atoms with Crippen LogP contribution in [-0.2, 0) is 22.0 Å². The average molecular weight is 500 g/mol. The van der Waals surface area contributed by atoms with Gasteiger partial charge in [0.2, 0.25) is 0 Å². The van der Waals surface area contributed by atoms with Crippen LogP contribution in [0.15, 0.2) is 59.8 Å². The van der Waals surface area contributed by atoms with E-state index in [1.54, 1.807) is 24.5 Å². The lowest BCUT2D eigenvalue weighted by molar-refractivity contribution is 0.0139. The maximum absolute atomic E-state index is 13.1. The molecule has 2 heterocycles. The Balaban J connectivity index is 1.68. The number of hydrogen-bond acceptors (Lipinski definition) is 5. The predicted molar refractivity (Wildman–Crippen MR) is 131 cm³/mol. The van der Waals surface area contributed by atoms with Crippen LogP contribution in [-0.4, -0.2) is 29.3 Å². The van der Waals surface area contributed by atoms with Gasteiger partial charge in [0.15, 0.2) is 6.23 Å². The molecular formula is C25H26ClN3O4S. The molecule has 1 atom stereocenters. The highest BCUT2D eigenvalue weighted by atomic mass is 35.5. The number of anilines is 1. The number of pyridine rings is 1. The van der Waals surface area contributed by atoms with Crippen molar-refractivity contribution in [1.29, 1.82) is 0 Å². The summed E-state index contributed by atoms with van der Waals surface area (Å²) >= 11 is 6.30. The summed E-state index contributed by atoms with van der Waals surface area (Å²) in [6.45, 7) is 8.12. The molecule has 0 fully saturated rings. The van der Waals surface area contributed by atoms with Crippen LogP contribution in [0.4, 0.5) is 5.69 Å². The Kier molecular flexibility index (Phi) is 6.18. The predicted octanol–water partition coefficient (Wildman–Crippen LogP) is 4.79. The third-order valence-electron chi connectivity index (χ3n) is 5.99. The molecule has 2 aromatic carbocycles. The van der Waals surface area contributed by atoms with Gasteiger partial charge in [-0.3, -0.25) is 14.5 Å². The van der Waals surface area contributed by atoms with Crippen molar-refractivity contribution in [3.63, 3.8) is 0 Å². The Morgan fingerprint density at radius 1 is 1.12 bits per heavy atom. The average Bonchev–Trinajstić information content (AvgIpc) is 3.02. The number of aliphatic hydroxyl groups excluding tert-OH is 1. The summed E-state index contributed by atoms with van der Waals surface area (Å²) in [5.74, 6) is -0.480. The number of carbonyl (C=O) groups is 1. The van der Waals surface area contributed by atoms with Crippen molar-refractivity contribution in [3.8, 4) is 0 Å². The SMILES string of the molecule is Cc1ccncc1CN1C(=O)c2c(Cl)ccc(NS(=O)(=O)c3ccc(C(C)(C)C)cc3)c2C1O. The van der Waals surface area contributed by atoms with E-state index in [-0.39, 0.29) is 38.7 Å². The maximum atomic E-state index is 13.1. The molecule has 1 unspecified atom stereocenters. The van der Waals surface area contributed by atoms with Gasteiger partial charge in [-0.1, -0.05) is 44.5 Å². The molecule has 0 bridgehead atoms. The van der Waals surface area contributed by atoms with Crippen molar-refractivity contribution in [2.75, 3.05) is 4.72 Å². The van der Waals surface area contributed by atoms with Gasteiger partial charge in [-0.25, -0.2) is 8.42 Å². The summed E-state index contributed by atoms with van der Waals surface area (Å²) < 4.78 is 28.8. The number of nitrogens with zero attached hydrogens (tertiary/aromatic N) is 2. The molecule has 4 rings (SSSR count). The molecule has 3 aromatic rings. The molecule has 0 spiro atoms. The zero-order chi connectivity index (χ0) is 24.8. The van der Waals surface area contributed by atoms with E-state index in [2.05, 4.69) is 9.71 Å². The zero-order valence-electron chi connectivity index (χ0n) is 19.3. The zero-order valence-corrected chi connectivity index (χ0v) is 20.9. The molecule has 7 nitrogen and oxygen atoms in total. The Bertz CT molecular complexity index is 1370. The van der Waals surface area contributed by atoms with Crippen LogP contribution < -0.4 is 4.72 Å². The van der Waals surface area contributed by atoms with Crippen molar-refractivity contribution < 1.29 is 18.3 Å². The molecular weight excluding hydrogens is 474 g/mol. The van der Waals surface area contributed by atoms with Crippen molar-refractivity contribution >= 4 is 33.2 Å². The largest absolute Gasteiger partial charge is 0.369 e. The molecule has 9 heteroatoms. The number of hydrogen-bond donors (Lipinski definition) is 2. The topological polar surface area (TPSA) is 99.6 Å². The van der Waals surface area contributed by atoms with Gasteiger partial charge in [-0.15, -0.1) is 0 Å². The first-order valence-electron chi connectivity index (χ1n) is 10.7. The van der Waals surface area contributed by atoms with Crippen LogP contribution in [0.2, 0.25) is 5.02 Å². The molecule has 2 N–H and O–H groups in total. The van der Waals surface area contributed by atoms with Gasteiger partial charge in [0.05, 0.1) is 27.7 Å². The van der Waals surface area contributed by atoms with E-state index in [0.29, 0.717) is 0 Å². The second-order valence-electron chi connectivity index (χ2n) is 9.37. The fourth-order valence-corrected chi connectivity index (χ4v) is 5.25. The Morgan fingerprint density at radius 3 is 2.41 bits per heavy atom. The maximum Gasteiger partial charge on any atom is 0.261 e. The van der Waals surface area contributed by atoms with Crippen molar-refractivity contribution in [2.24, 2.45) is 0 Å². The lowest BCUT2D eigenvalue weighted by atomic mass is 9.87. The fourth-order valence-electron chi connectivity index (χ4n) is 3.92. The number of benzene rings is 2. The number of amides is 1. The quantitative estimate of drug-likeness (QED) is 0.525. The monoisotopic (exact) mass is 499 g/mol. The molecule has 0 radical (unpaired) electrons. The van der Waals surface area contributed by atoms with Crippen molar-refractivity contribution in [3.05, 3.63) is 87.7 Å². The molecule has 1 aliphatic heterocycles.